The van der Waals surface area contributed by atoms with Crippen LogP contribution < -0.4 is 24.3 Å². The first-order valence-corrected chi connectivity index (χ1v) is 16.7. The molecule has 0 aromatic heterocycles. The summed E-state index contributed by atoms with van der Waals surface area (Å²) >= 11 is 0. The van der Waals surface area contributed by atoms with E-state index < -0.39 is 7.37 Å². The number of amides is 2. The van der Waals surface area contributed by atoms with Gasteiger partial charge < -0.3 is 39.0 Å². The topological polar surface area (TPSA) is 139 Å². The van der Waals surface area contributed by atoms with Gasteiger partial charge in [-0.05, 0) is 37.8 Å². The second kappa shape index (κ2) is 12.1. The number of nitrogens with one attached hydrogen (secondary N) is 1. The SMILES string of the molecule is COc1cc2c(cc1OCCP(=O)(O)CCOc1cc3c(cc1OC)C(=O)N1CCC[C@H]1CN3)N=C[C@@H]1CCCN1C2=O. The molecular formula is C30H37N4O8P. The number of methoxy groups -OCH3 is 2. The number of carbonyl (C=O) groups excluding carboxylic acids is 2. The van der Waals surface area contributed by atoms with Crippen molar-refractivity contribution < 1.29 is 38.0 Å². The Morgan fingerprint density at radius 2 is 1.51 bits per heavy atom. The van der Waals surface area contributed by atoms with Crippen molar-refractivity contribution in [2.75, 3.05) is 64.7 Å². The fourth-order valence-electron chi connectivity index (χ4n) is 6.18. The van der Waals surface area contributed by atoms with Gasteiger partial charge in [0.25, 0.3) is 11.8 Å². The number of ether oxygens (including phenoxy) is 4. The summed E-state index contributed by atoms with van der Waals surface area (Å²) in [5.41, 5.74) is 2.13. The number of fused-ring (bicyclic) bond motifs is 4. The zero-order valence-electron chi connectivity index (χ0n) is 24.4. The van der Waals surface area contributed by atoms with Gasteiger partial charge in [-0.25, -0.2) is 0 Å². The van der Waals surface area contributed by atoms with Gasteiger partial charge in [-0.3, -0.25) is 19.1 Å². The molecule has 4 aliphatic heterocycles. The summed E-state index contributed by atoms with van der Waals surface area (Å²) in [6, 6.07) is 6.81. The predicted octanol–water partition coefficient (Wildman–Crippen LogP) is 3.78. The fraction of sp³-hybridized carbons (Fsp3) is 0.500. The highest BCUT2D eigenvalue weighted by atomic mass is 31.2. The second-order valence-electron chi connectivity index (χ2n) is 11.2. The van der Waals surface area contributed by atoms with Gasteiger partial charge in [-0.2, -0.15) is 0 Å². The van der Waals surface area contributed by atoms with Crippen LogP contribution in [-0.2, 0) is 4.57 Å². The van der Waals surface area contributed by atoms with E-state index in [1.54, 1.807) is 30.5 Å². The zero-order valence-corrected chi connectivity index (χ0v) is 25.3. The Hall–Kier alpha value is -3.76. The molecule has 3 atom stereocenters. The number of carbonyl (C=O) groups is 2. The lowest BCUT2D eigenvalue weighted by molar-refractivity contribution is 0.0747. The summed E-state index contributed by atoms with van der Waals surface area (Å²) in [6.07, 6.45) is 5.38. The van der Waals surface area contributed by atoms with E-state index in [9.17, 15) is 19.0 Å². The molecule has 13 heteroatoms. The van der Waals surface area contributed by atoms with Crippen LogP contribution in [-0.4, -0.2) is 104 Å². The van der Waals surface area contributed by atoms with Crippen LogP contribution in [0.2, 0.25) is 0 Å². The highest BCUT2D eigenvalue weighted by Gasteiger charge is 2.35. The molecule has 2 fully saturated rings. The van der Waals surface area contributed by atoms with Crippen LogP contribution in [0.4, 0.5) is 11.4 Å². The lowest BCUT2D eigenvalue weighted by atomic mass is 10.1. The van der Waals surface area contributed by atoms with Gasteiger partial charge in [0, 0.05) is 44.0 Å². The quantitative estimate of drug-likeness (QED) is 0.384. The third kappa shape index (κ3) is 5.90. The summed E-state index contributed by atoms with van der Waals surface area (Å²) < 4.78 is 35.7. The Morgan fingerprint density at radius 1 is 0.884 bits per heavy atom. The minimum Gasteiger partial charge on any atom is -0.493 e. The molecule has 4 heterocycles. The predicted molar refractivity (Wildman–Crippen MR) is 161 cm³/mol. The molecule has 2 aromatic rings. The average Bonchev–Trinajstić information content (AvgIpc) is 3.63. The fourth-order valence-corrected chi connectivity index (χ4v) is 7.16. The van der Waals surface area contributed by atoms with Crippen molar-refractivity contribution in [2.24, 2.45) is 4.99 Å². The molecule has 43 heavy (non-hydrogen) atoms. The highest BCUT2D eigenvalue weighted by molar-refractivity contribution is 7.58. The van der Waals surface area contributed by atoms with Gasteiger partial charge in [-0.15, -0.1) is 0 Å². The van der Waals surface area contributed by atoms with Gasteiger partial charge in [0.15, 0.2) is 23.0 Å². The number of hydrogen-bond donors (Lipinski definition) is 2. The first-order chi connectivity index (χ1) is 20.8. The molecule has 2 aromatic carbocycles. The van der Waals surface area contributed by atoms with E-state index in [-0.39, 0.29) is 49.4 Å². The monoisotopic (exact) mass is 612 g/mol. The largest absolute Gasteiger partial charge is 0.493 e. The van der Waals surface area contributed by atoms with E-state index in [1.807, 2.05) is 9.80 Å². The smallest absolute Gasteiger partial charge is 0.256 e. The van der Waals surface area contributed by atoms with E-state index in [0.29, 0.717) is 58.6 Å². The van der Waals surface area contributed by atoms with Crippen molar-refractivity contribution in [3.8, 4) is 23.0 Å². The van der Waals surface area contributed by atoms with Gasteiger partial charge >= 0.3 is 0 Å². The minimum atomic E-state index is -3.62. The molecule has 12 nitrogen and oxygen atoms in total. The zero-order chi connectivity index (χ0) is 30.1. The van der Waals surface area contributed by atoms with E-state index >= 15 is 0 Å². The maximum atomic E-state index is 13.1. The van der Waals surface area contributed by atoms with Gasteiger partial charge in [0.1, 0.15) is 0 Å². The van der Waals surface area contributed by atoms with Crippen molar-refractivity contribution in [1.82, 2.24) is 9.80 Å². The minimum absolute atomic E-state index is 0.0139. The van der Waals surface area contributed by atoms with Crippen LogP contribution in [0.1, 0.15) is 46.4 Å². The summed E-state index contributed by atoms with van der Waals surface area (Å²) in [6.45, 7) is 2.03. The summed E-state index contributed by atoms with van der Waals surface area (Å²) in [5, 5.41) is 3.35. The van der Waals surface area contributed by atoms with E-state index in [0.717, 1.165) is 32.2 Å². The summed E-state index contributed by atoms with van der Waals surface area (Å²) in [5.74, 6) is 1.37. The standard InChI is InChI=1S/C30H37N4O8P/c1-39-25-13-21-23(31-17-19-5-3-7-33(19)29(21)35)15-27(25)41-9-11-43(37,38)12-10-42-28-16-24-22(14-26(28)40-2)30(36)34-8-4-6-20(34)18-32-24/h13-17,19-20,32H,3-12,18H2,1-2H3,(H,37,38)/t19-,20-/m0/s1. The number of benzene rings is 2. The Balaban J connectivity index is 1.06. The van der Waals surface area contributed by atoms with Crippen LogP contribution in [0.3, 0.4) is 0 Å². The van der Waals surface area contributed by atoms with Crippen molar-refractivity contribution in [1.29, 1.82) is 0 Å². The normalized spacial score (nSPS) is 21.9. The highest BCUT2D eigenvalue weighted by Crippen LogP contribution is 2.43. The number of hydrogen-bond acceptors (Lipinski definition) is 9. The Bertz CT molecular complexity index is 1500. The Morgan fingerprint density at radius 3 is 2.23 bits per heavy atom. The van der Waals surface area contributed by atoms with Crippen LogP contribution in [0.15, 0.2) is 29.3 Å². The molecule has 0 bridgehead atoms. The van der Waals surface area contributed by atoms with Gasteiger partial charge in [-0.1, -0.05) is 0 Å². The summed E-state index contributed by atoms with van der Waals surface area (Å²) in [4.78, 5) is 45.1. The van der Waals surface area contributed by atoms with Gasteiger partial charge in [0.2, 0.25) is 7.37 Å². The van der Waals surface area contributed by atoms with Crippen molar-refractivity contribution in [2.45, 2.75) is 37.8 Å². The first-order valence-electron chi connectivity index (χ1n) is 14.7. The van der Waals surface area contributed by atoms with Crippen LogP contribution >= 0.6 is 7.37 Å². The Kier molecular flexibility index (Phi) is 8.24. The van der Waals surface area contributed by atoms with Crippen molar-refractivity contribution >= 4 is 36.8 Å². The second-order valence-corrected chi connectivity index (χ2v) is 13.8. The van der Waals surface area contributed by atoms with Crippen LogP contribution in [0.5, 0.6) is 23.0 Å². The third-order valence-corrected chi connectivity index (χ3v) is 10.3. The maximum absolute atomic E-state index is 13.1. The molecule has 0 spiro atoms. The van der Waals surface area contributed by atoms with Crippen LogP contribution in [0, 0.1) is 0 Å². The molecular weight excluding hydrogens is 575 g/mol. The van der Waals surface area contributed by atoms with Crippen LogP contribution in [0.25, 0.3) is 0 Å². The number of anilines is 1. The number of rotatable bonds is 10. The molecule has 2 saturated heterocycles. The molecule has 4 aliphatic rings. The number of aliphatic imine (C=N–C) groups is 1. The Labute approximate surface area is 250 Å². The molecule has 6 rings (SSSR count). The van der Waals surface area contributed by atoms with E-state index in [2.05, 4.69) is 10.3 Å². The van der Waals surface area contributed by atoms with E-state index in [1.165, 1.54) is 14.2 Å². The molecule has 2 amide bonds. The molecule has 2 N–H and O–H groups in total. The molecule has 0 radical (unpaired) electrons. The maximum Gasteiger partial charge on any atom is 0.256 e. The lowest BCUT2D eigenvalue weighted by Gasteiger charge is -2.21. The average molecular weight is 613 g/mol. The van der Waals surface area contributed by atoms with Gasteiger partial charge in [0.05, 0.1) is 68.3 Å². The number of nitrogens with zero attached hydrogens (tertiary/aromatic N) is 3. The van der Waals surface area contributed by atoms with Crippen molar-refractivity contribution in [3.05, 3.63) is 35.4 Å². The molecule has 1 unspecified atom stereocenters. The van der Waals surface area contributed by atoms with E-state index in [4.69, 9.17) is 18.9 Å². The molecule has 0 aliphatic carbocycles. The molecule has 230 valence electrons. The molecule has 0 saturated carbocycles. The first kappa shape index (κ1) is 29.3. The third-order valence-electron chi connectivity index (χ3n) is 8.56. The van der Waals surface area contributed by atoms with Crippen molar-refractivity contribution in [3.63, 3.8) is 0 Å². The summed E-state index contributed by atoms with van der Waals surface area (Å²) in [7, 11) is -0.636. The lowest BCUT2D eigenvalue weighted by Crippen LogP contribution is -2.36.